The number of rotatable bonds is 10. The van der Waals surface area contributed by atoms with Crippen LogP contribution in [0.5, 0.6) is 11.5 Å². The summed E-state index contributed by atoms with van der Waals surface area (Å²) in [4.78, 5) is 21.7. The minimum absolute atomic E-state index is 0.0716. The van der Waals surface area contributed by atoms with Crippen molar-refractivity contribution in [2.45, 2.75) is 50.8 Å². The predicted molar refractivity (Wildman–Crippen MR) is 160 cm³/mol. The number of carbonyl (C=O) groups excluding carboxylic acids is 1. The van der Waals surface area contributed by atoms with E-state index in [0.717, 1.165) is 24.3 Å². The highest BCUT2D eigenvalue weighted by Gasteiger charge is 2.58. The first-order valence-electron chi connectivity index (χ1n) is 14.4. The number of aromatic nitrogens is 2. The van der Waals surface area contributed by atoms with E-state index in [4.69, 9.17) is 19.1 Å². The van der Waals surface area contributed by atoms with Gasteiger partial charge in [0, 0.05) is 34.2 Å². The van der Waals surface area contributed by atoms with Gasteiger partial charge in [0.2, 0.25) is 12.0 Å². The number of fused-ring (bicyclic) bond motifs is 2. The average Bonchev–Trinajstić information content (AvgIpc) is 3.38. The summed E-state index contributed by atoms with van der Waals surface area (Å²) in [6.07, 6.45) is -6.15. The van der Waals surface area contributed by atoms with Crippen LogP contribution in [0.2, 0.25) is 0 Å². The van der Waals surface area contributed by atoms with Gasteiger partial charge in [0.1, 0.15) is 47.4 Å². The number of nitrogens with two attached hydrogens (primary N) is 1. The molecule has 5 rings (SSSR count). The number of ether oxygens (including phenoxy) is 2. The van der Waals surface area contributed by atoms with Gasteiger partial charge >= 0.3 is 6.18 Å². The van der Waals surface area contributed by atoms with E-state index in [-0.39, 0.29) is 46.7 Å². The standard InChI is InChI=1S/C31H28F7N3O4.CH3NO/c1-4-29(3)15-44-28-22(29)12-24(40-27(28)18-5-7-20(32)8-6-18)30(42,31(35,36)37)16-45-41(38)21-10-19-9-17(2)13-39-26(19)23(11-21)43-14-25(33)34;2-1-3/h5-13,25,42H,4,14-16H2,1-3H3;1H,(H2,2,3)/t29-,30+;/m1./s1. The van der Waals surface area contributed by atoms with Gasteiger partial charge in [-0.15, -0.1) is 0 Å². The maximum absolute atomic E-state index is 15.4. The van der Waals surface area contributed by atoms with Gasteiger partial charge in [0.15, 0.2) is 0 Å². The van der Waals surface area contributed by atoms with Gasteiger partial charge in [0.05, 0.1) is 12.3 Å². The van der Waals surface area contributed by atoms with Crippen molar-refractivity contribution in [1.29, 1.82) is 0 Å². The third-order valence-electron chi connectivity index (χ3n) is 7.77. The first kappa shape index (κ1) is 36.1. The second-order valence-corrected chi connectivity index (χ2v) is 11.2. The van der Waals surface area contributed by atoms with Gasteiger partial charge in [0.25, 0.3) is 6.43 Å². The number of hydrogen-bond acceptors (Lipinski definition) is 8. The van der Waals surface area contributed by atoms with Crippen molar-refractivity contribution in [3.63, 3.8) is 0 Å². The molecule has 0 fully saturated rings. The molecule has 3 heterocycles. The molecule has 0 spiro atoms. The van der Waals surface area contributed by atoms with Crippen molar-refractivity contribution >= 4 is 23.0 Å². The van der Waals surface area contributed by atoms with Crippen molar-refractivity contribution < 1.29 is 55.0 Å². The Morgan fingerprint density at radius 1 is 1.17 bits per heavy atom. The van der Waals surface area contributed by atoms with Gasteiger partial charge in [-0.05, 0) is 61.4 Å². The van der Waals surface area contributed by atoms with E-state index >= 15 is 4.48 Å². The van der Waals surface area contributed by atoms with Crippen LogP contribution < -0.4 is 20.5 Å². The molecule has 9 nitrogen and oxygen atoms in total. The van der Waals surface area contributed by atoms with E-state index in [0.29, 0.717) is 17.5 Å². The quantitative estimate of drug-likeness (QED) is 0.0828. The molecule has 2 aromatic heterocycles. The number of benzene rings is 2. The normalized spacial score (nSPS) is 16.8. The van der Waals surface area contributed by atoms with Crippen LogP contribution in [0.25, 0.3) is 22.2 Å². The summed E-state index contributed by atoms with van der Waals surface area (Å²) >= 11 is 0. The highest BCUT2D eigenvalue weighted by atomic mass is 19.4. The topological polar surface area (TPSA) is 120 Å². The van der Waals surface area contributed by atoms with Gasteiger partial charge in [-0.2, -0.15) is 13.2 Å². The van der Waals surface area contributed by atoms with E-state index < -0.39 is 59.3 Å². The van der Waals surface area contributed by atoms with Crippen LogP contribution >= 0.6 is 0 Å². The smallest absolute Gasteiger partial charge is 0.425 e. The Labute approximate surface area is 269 Å². The zero-order valence-electron chi connectivity index (χ0n) is 25.8. The van der Waals surface area contributed by atoms with E-state index in [2.05, 4.69) is 15.7 Å². The van der Waals surface area contributed by atoms with Crippen LogP contribution in [0.1, 0.15) is 37.1 Å². The molecular weight excluding hydrogens is 653 g/mol. The molecule has 1 aliphatic rings. The molecule has 4 aromatic rings. The summed E-state index contributed by atoms with van der Waals surface area (Å²) in [5, 5.41) is 10.9. The number of hydrogen-bond donors (Lipinski definition) is 2. The number of nitrogens with zero attached hydrogens (tertiary/aromatic N) is 3. The van der Waals surface area contributed by atoms with Crippen LogP contribution in [0.3, 0.4) is 0 Å². The van der Waals surface area contributed by atoms with Gasteiger partial charge in [-0.1, -0.05) is 23.6 Å². The lowest BCUT2D eigenvalue weighted by Gasteiger charge is -2.31. The molecular formula is C32H31F7N4O5. The Balaban J connectivity index is 0.00000167. The molecule has 258 valence electrons. The lowest BCUT2D eigenvalue weighted by atomic mass is 9.80. The highest BCUT2D eigenvalue weighted by Crippen LogP contribution is 2.49. The van der Waals surface area contributed by atoms with Crippen molar-refractivity contribution in [3.05, 3.63) is 77.4 Å². The summed E-state index contributed by atoms with van der Waals surface area (Å²) in [7, 11) is 0. The molecule has 0 saturated carbocycles. The summed E-state index contributed by atoms with van der Waals surface area (Å²) in [5.74, 6) is -0.664. The van der Waals surface area contributed by atoms with Gasteiger partial charge in [-0.25, -0.2) is 23.0 Å². The fourth-order valence-electron chi connectivity index (χ4n) is 4.95. The van der Waals surface area contributed by atoms with Crippen molar-refractivity contribution in [2.75, 3.05) is 25.1 Å². The summed E-state index contributed by atoms with van der Waals surface area (Å²) in [6, 6.07) is 9.52. The number of alkyl halides is 5. The Kier molecular flexibility index (Phi) is 10.7. The molecule has 1 aliphatic heterocycles. The molecule has 2 atom stereocenters. The molecule has 0 bridgehead atoms. The summed E-state index contributed by atoms with van der Waals surface area (Å²) < 4.78 is 110. The molecule has 0 saturated heterocycles. The first-order valence-corrected chi connectivity index (χ1v) is 14.4. The summed E-state index contributed by atoms with van der Waals surface area (Å²) in [5.41, 5.74) is -0.624. The zero-order valence-corrected chi connectivity index (χ0v) is 25.8. The number of pyridine rings is 2. The minimum atomic E-state index is -5.42. The molecule has 0 aliphatic carbocycles. The monoisotopic (exact) mass is 684 g/mol. The number of primary amides is 1. The maximum Gasteiger partial charge on any atom is 0.425 e. The van der Waals surface area contributed by atoms with Crippen LogP contribution in [-0.4, -0.2) is 53.9 Å². The van der Waals surface area contributed by atoms with Crippen molar-refractivity contribution in [2.24, 2.45) is 5.73 Å². The average molecular weight is 685 g/mol. The van der Waals surface area contributed by atoms with Gasteiger partial charge in [-0.3, -0.25) is 9.78 Å². The zero-order chi connectivity index (χ0) is 35.4. The number of carbonyl (C=O) groups is 1. The molecule has 3 N–H and O–H groups in total. The molecule has 0 radical (unpaired) electrons. The number of aryl methyl sites for hydroxylation is 1. The van der Waals surface area contributed by atoms with Crippen molar-refractivity contribution in [3.8, 4) is 22.8 Å². The lowest BCUT2D eigenvalue weighted by Crippen LogP contribution is -2.48. The second kappa shape index (κ2) is 14.2. The number of aliphatic hydroxyl groups is 1. The third-order valence-corrected chi connectivity index (χ3v) is 7.77. The maximum atomic E-state index is 15.4. The highest BCUT2D eigenvalue weighted by molar-refractivity contribution is 5.88. The molecule has 2 aromatic carbocycles. The number of amides is 1. The van der Waals surface area contributed by atoms with E-state index in [1.165, 1.54) is 24.4 Å². The van der Waals surface area contributed by atoms with E-state index in [1.54, 1.807) is 19.9 Å². The SMILES string of the molecule is CC[C@]1(C)COc2c1cc([C@@](O)(CON(F)c1cc(OCC(F)F)c3ncc(C)cc3c1)C(F)(F)F)nc2-c1ccc(F)cc1.NC=O. The Hall–Kier alpha value is -4.70. The second-order valence-electron chi connectivity index (χ2n) is 11.2. The van der Waals surface area contributed by atoms with Crippen LogP contribution in [0.15, 0.2) is 54.7 Å². The number of anilines is 1. The fraction of sp³-hybridized carbons (Fsp3) is 0.344. The van der Waals surface area contributed by atoms with E-state index in [9.17, 15) is 31.4 Å². The Bertz CT molecular complexity index is 1760. The predicted octanol–water partition coefficient (Wildman–Crippen LogP) is 6.62. The largest absolute Gasteiger partial charge is 0.490 e. The molecule has 1 amide bonds. The van der Waals surface area contributed by atoms with E-state index in [1.807, 2.05) is 6.92 Å². The van der Waals surface area contributed by atoms with Crippen LogP contribution in [-0.2, 0) is 20.6 Å². The van der Waals surface area contributed by atoms with Crippen molar-refractivity contribution in [1.82, 2.24) is 9.97 Å². The molecule has 0 unspecified atom stereocenters. The molecule has 48 heavy (non-hydrogen) atoms. The minimum Gasteiger partial charge on any atom is -0.490 e. The fourth-order valence-corrected chi connectivity index (χ4v) is 4.95. The number of halogens is 7. The molecule has 16 heteroatoms. The summed E-state index contributed by atoms with van der Waals surface area (Å²) in [6.45, 7) is 2.63. The van der Waals surface area contributed by atoms with Crippen LogP contribution in [0, 0.1) is 12.7 Å². The first-order chi connectivity index (χ1) is 22.6. The van der Waals surface area contributed by atoms with Crippen LogP contribution in [0.4, 0.5) is 36.5 Å². The third kappa shape index (κ3) is 7.39. The lowest BCUT2D eigenvalue weighted by molar-refractivity contribution is -0.287. The van der Waals surface area contributed by atoms with Gasteiger partial charge < -0.3 is 20.3 Å². The Morgan fingerprint density at radius 3 is 2.44 bits per heavy atom. The Morgan fingerprint density at radius 2 is 1.83 bits per heavy atom.